The van der Waals surface area contributed by atoms with E-state index in [1.165, 1.54) is 0 Å². The van der Waals surface area contributed by atoms with Gasteiger partial charge in [-0.05, 0) is 25.5 Å². The number of hydrogen-bond acceptors (Lipinski definition) is 6. The molecule has 3 aromatic rings. The molecule has 2 aromatic heterocycles. The van der Waals surface area contributed by atoms with Crippen LogP contribution in [-0.4, -0.2) is 58.4 Å². The number of rotatable bonds is 8. The maximum Gasteiger partial charge on any atom is 0.253 e. The van der Waals surface area contributed by atoms with E-state index >= 15 is 0 Å². The number of morpholine rings is 1. The molecule has 3 heterocycles. The summed E-state index contributed by atoms with van der Waals surface area (Å²) in [5.74, 6) is 0.825. The molecule has 0 unspecified atom stereocenters. The zero-order valence-corrected chi connectivity index (χ0v) is 18.1. The van der Waals surface area contributed by atoms with Crippen LogP contribution in [0.5, 0.6) is 0 Å². The Morgan fingerprint density at radius 1 is 1.13 bits per heavy atom. The van der Waals surface area contributed by atoms with Gasteiger partial charge in [0.1, 0.15) is 6.04 Å². The summed E-state index contributed by atoms with van der Waals surface area (Å²) < 4.78 is 12.9. The van der Waals surface area contributed by atoms with Gasteiger partial charge in [-0.2, -0.15) is 4.98 Å². The van der Waals surface area contributed by atoms with E-state index in [0.29, 0.717) is 23.7 Å². The Hall–Kier alpha value is -2.97. The zero-order chi connectivity index (χ0) is 21.6. The highest BCUT2D eigenvalue weighted by Crippen LogP contribution is 2.19. The molecule has 0 aliphatic carbocycles. The normalized spacial score (nSPS) is 15.7. The summed E-state index contributed by atoms with van der Waals surface area (Å²) >= 11 is 0. The molecular weight excluding hydrogens is 394 g/mol. The summed E-state index contributed by atoms with van der Waals surface area (Å²) in [4.78, 5) is 19.9. The summed E-state index contributed by atoms with van der Waals surface area (Å²) in [6.07, 6.45) is 2.55. The first-order valence-corrected chi connectivity index (χ1v) is 10.7. The maximum absolute atomic E-state index is 13.1. The number of aryl methyl sites for hydroxylation is 1. The summed E-state index contributed by atoms with van der Waals surface area (Å²) in [5, 5.41) is 6.99. The second-order valence-corrected chi connectivity index (χ2v) is 7.86. The van der Waals surface area contributed by atoms with Crippen LogP contribution >= 0.6 is 0 Å². The van der Waals surface area contributed by atoms with E-state index in [1.807, 2.05) is 49.5 Å². The lowest BCUT2D eigenvalue weighted by molar-refractivity contribution is 0.0363. The lowest BCUT2D eigenvalue weighted by atomic mass is 10.1. The fourth-order valence-electron chi connectivity index (χ4n) is 3.85. The van der Waals surface area contributed by atoms with E-state index < -0.39 is 6.04 Å². The average molecular weight is 424 g/mol. The Balaban J connectivity index is 1.45. The van der Waals surface area contributed by atoms with E-state index in [9.17, 15) is 4.79 Å². The predicted octanol–water partition coefficient (Wildman–Crippen LogP) is 2.53. The second-order valence-electron chi connectivity index (χ2n) is 7.86. The molecule has 164 valence electrons. The number of ether oxygens (including phenoxy) is 1. The Labute approximate surface area is 182 Å². The molecule has 1 atom stereocenters. The molecule has 0 spiro atoms. The van der Waals surface area contributed by atoms with Crippen molar-refractivity contribution < 1.29 is 14.1 Å². The van der Waals surface area contributed by atoms with Gasteiger partial charge in [-0.1, -0.05) is 35.5 Å². The molecule has 1 fully saturated rings. The van der Waals surface area contributed by atoms with Crippen LogP contribution in [0.1, 0.15) is 39.4 Å². The largest absolute Gasteiger partial charge is 0.379 e. The monoisotopic (exact) mass is 423 g/mol. The molecule has 1 amide bonds. The zero-order valence-electron chi connectivity index (χ0n) is 18.1. The number of nitrogens with one attached hydrogen (secondary N) is 1. The van der Waals surface area contributed by atoms with Gasteiger partial charge in [0, 0.05) is 44.5 Å². The minimum Gasteiger partial charge on any atom is -0.379 e. The van der Waals surface area contributed by atoms with Gasteiger partial charge in [-0.3, -0.25) is 9.69 Å². The number of hydrogen-bond donors (Lipinski definition) is 1. The van der Waals surface area contributed by atoms with Crippen molar-refractivity contribution in [2.24, 2.45) is 0 Å². The van der Waals surface area contributed by atoms with Crippen molar-refractivity contribution in [3.8, 4) is 0 Å². The van der Waals surface area contributed by atoms with Crippen molar-refractivity contribution in [1.82, 2.24) is 24.9 Å². The van der Waals surface area contributed by atoms with Gasteiger partial charge >= 0.3 is 0 Å². The summed E-state index contributed by atoms with van der Waals surface area (Å²) in [6.45, 7) is 9.03. The van der Waals surface area contributed by atoms with Gasteiger partial charge in [0.2, 0.25) is 5.89 Å². The van der Waals surface area contributed by atoms with Gasteiger partial charge in [0.25, 0.3) is 5.91 Å². The maximum atomic E-state index is 13.1. The molecule has 4 rings (SSSR count). The Bertz CT molecular complexity index is 992. The number of carbonyl (C=O) groups is 1. The standard InChI is InChI=1S/C23H29N5O3/c1-17-20(8-9-28(17)11-10-27-12-14-30-15-13-27)22(29)25-21(23-24-18(2)26-31-23)16-19-6-4-3-5-7-19/h3-9,21H,10-16H2,1-2H3,(H,25,29)/t21-/m0/s1. The number of aromatic nitrogens is 3. The van der Waals surface area contributed by atoms with Gasteiger partial charge < -0.3 is 19.1 Å². The van der Waals surface area contributed by atoms with Crippen LogP contribution in [0.15, 0.2) is 47.1 Å². The van der Waals surface area contributed by atoms with E-state index in [4.69, 9.17) is 9.26 Å². The number of amides is 1. The third-order valence-electron chi connectivity index (χ3n) is 5.68. The van der Waals surface area contributed by atoms with Gasteiger partial charge in [0.15, 0.2) is 5.82 Å². The van der Waals surface area contributed by atoms with Crippen molar-refractivity contribution in [2.45, 2.75) is 32.9 Å². The molecule has 1 aliphatic rings. The molecule has 31 heavy (non-hydrogen) atoms. The Morgan fingerprint density at radius 3 is 2.61 bits per heavy atom. The molecule has 0 saturated carbocycles. The summed E-state index contributed by atoms with van der Waals surface area (Å²) in [6, 6.07) is 11.5. The van der Waals surface area contributed by atoms with E-state index in [-0.39, 0.29) is 5.91 Å². The molecule has 0 radical (unpaired) electrons. The summed E-state index contributed by atoms with van der Waals surface area (Å²) in [7, 11) is 0. The fourth-order valence-corrected chi connectivity index (χ4v) is 3.85. The van der Waals surface area contributed by atoms with Crippen LogP contribution in [0.25, 0.3) is 0 Å². The van der Waals surface area contributed by atoms with Crippen LogP contribution in [0.4, 0.5) is 0 Å². The first-order chi connectivity index (χ1) is 15.1. The highest BCUT2D eigenvalue weighted by molar-refractivity contribution is 5.95. The third kappa shape index (κ3) is 5.39. The van der Waals surface area contributed by atoms with E-state index in [1.54, 1.807) is 6.92 Å². The topological polar surface area (TPSA) is 85.4 Å². The molecule has 1 saturated heterocycles. The van der Waals surface area contributed by atoms with Crippen LogP contribution in [0, 0.1) is 13.8 Å². The lowest BCUT2D eigenvalue weighted by Crippen LogP contribution is -2.38. The van der Waals surface area contributed by atoms with Crippen LogP contribution < -0.4 is 5.32 Å². The quantitative estimate of drug-likeness (QED) is 0.599. The van der Waals surface area contributed by atoms with Crippen molar-refractivity contribution in [1.29, 1.82) is 0 Å². The van der Waals surface area contributed by atoms with Crippen LogP contribution in [0.2, 0.25) is 0 Å². The first kappa shape index (κ1) is 21.3. The number of nitrogens with zero attached hydrogens (tertiary/aromatic N) is 4. The van der Waals surface area contributed by atoms with Crippen molar-refractivity contribution in [3.05, 3.63) is 71.1 Å². The molecule has 1 aliphatic heterocycles. The average Bonchev–Trinajstić information content (AvgIpc) is 3.39. The van der Waals surface area contributed by atoms with Gasteiger partial charge in [-0.25, -0.2) is 0 Å². The first-order valence-electron chi connectivity index (χ1n) is 10.7. The Morgan fingerprint density at radius 2 is 1.90 bits per heavy atom. The van der Waals surface area contributed by atoms with Crippen LogP contribution in [-0.2, 0) is 17.7 Å². The smallest absolute Gasteiger partial charge is 0.253 e. The van der Waals surface area contributed by atoms with Crippen LogP contribution in [0.3, 0.4) is 0 Å². The van der Waals surface area contributed by atoms with Crippen molar-refractivity contribution in [2.75, 3.05) is 32.8 Å². The van der Waals surface area contributed by atoms with Crippen molar-refractivity contribution >= 4 is 5.91 Å². The highest BCUT2D eigenvalue weighted by Gasteiger charge is 2.23. The minimum absolute atomic E-state index is 0.139. The predicted molar refractivity (Wildman–Crippen MR) is 116 cm³/mol. The SMILES string of the molecule is Cc1noc([C@H](Cc2ccccc2)NC(=O)c2ccn(CCN3CCOCC3)c2C)n1. The molecular formula is C23H29N5O3. The minimum atomic E-state index is -0.396. The number of benzene rings is 1. The molecule has 1 N–H and O–H groups in total. The van der Waals surface area contributed by atoms with Gasteiger partial charge in [-0.15, -0.1) is 0 Å². The summed E-state index contributed by atoms with van der Waals surface area (Å²) in [5.41, 5.74) is 2.70. The van der Waals surface area contributed by atoms with E-state index in [0.717, 1.165) is 50.7 Å². The third-order valence-corrected chi connectivity index (χ3v) is 5.68. The highest BCUT2D eigenvalue weighted by atomic mass is 16.5. The molecule has 0 bridgehead atoms. The molecule has 8 nitrogen and oxygen atoms in total. The Kier molecular flexibility index (Phi) is 6.79. The second kappa shape index (κ2) is 9.89. The van der Waals surface area contributed by atoms with Crippen molar-refractivity contribution in [3.63, 3.8) is 0 Å². The van der Waals surface area contributed by atoms with Gasteiger partial charge in [0.05, 0.1) is 18.8 Å². The lowest BCUT2D eigenvalue weighted by Gasteiger charge is -2.26. The molecule has 1 aromatic carbocycles. The fraction of sp³-hybridized carbons (Fsp3) is 0.435. The van der Waals surface area contributed by atoms with E-state index in [2.05, 4.69) is 24.9 Å². The number of carbonyl (C=O) groups excluding carboxylic acids is 1. The molecule has 8 heteroatoms.